The van der Waals surface area contributed by atoms with Gasteiger partial charge < -0.3 is 9.80 Å². The summed E-state index contributed by atoms with van der Waals surface area (Å²) in [4.78, 5) is 17.2. The Morgan fingerprint density at radius 2 is 1.68 bits per heavy atom. The summed E-state index contributed by atoms with van der Waals surface area (Å²) in [6, 6.07) is 2.49. The van der Waals surface area contributed by atoms with E-state index in [4.69, 9.17) is 0 Å². The minimum atomic E-state index is -4.42. The Hall–Kier alpha value is -3.05. The van der Waals surface area contributed by atoms with Crippen molar-refractivity contribution in [3.63, 3.8) is 0 Å². The van der Waals surface area contributed by atoms with E-state index in [1.165, 1.54) is 16.9 Å². The van der Waals surface area contributed by atoms with Gasteiger partial charge in [-0.1, -0.05) is 13.8 Å². The predicted molar refractivity (Wildman–Crippen MR) is 116 cm³/mol. The SMILES string of the molecule is CC12CCN(c3cnc4cnn(CC(F)F)c4n3)CC1(C)CN(c1ccc(C(F)(F)F)cn1)C2. The maximum atomic E-state index is 12.9. The molecule has 2 saturated heterocycles. The molecule has 0 bridgehead atoms. The van der Waals surface area contributed by atoms with E-state index in [1.807, 2.05) is 4.90 Å². The molecule has 3 aromatic heterocycles. The van der Waals surface area contributed by atoms with Gasteiger partial charge in [0.1, 0.15) is 23.7 Å². The first-order chi connectivity index (χ1) is 16.0. The first-order valence-corrected chi connectivity index (χ1v) is 11.0. The summed E-state index contributed by atoms with van der Waals surface area (Å²) in [7, 11) is 0. The number of alkyl halides is 5. The van der Waals surface area contributed by atoms with Gasteiger partial charge in [0.25, 0.3) is 6.43 Å². The van der Waals surface area contributed by atoms with Gasteiger partial charge in [0.15, 0.2) is 5.65 Å². The lowest BCUT2D eigenvalue weighted by molar-refractivity contribution is -0.137. The lowest BCUT2D eigenvalue weighted by atomic mass is 9.64. The highest BCUT2D eigenvalue weighted by Crippen LogP contribution is 2.52. The summed E-state index contributed by atoms with van der Waals surface area (Å²) in [6.07, 6.45) is -2.21. The molecule has 0 radical (unpaired) electrons. The van der Waals surface area contributed by atoms with E-state index >= 15 is 0 Å². The zero-order valence-electron chi connectivity index (χ0n) is 18.7. The number of fused-ring (bicyclic) bond motifs is 2. The standard InChI is InChI=1S/C22H24F5N7/c1-20-5-6-32(18-9-28-15-8-30-34(10-16(23)24)19(15)31-18)12-21(20,2)13-33(11-20)17-4-3-14(7-29-17)22(25,26)27/h3-4,7-9,16H,5-6,10-13H2,1-2H3. The van der Waals surface area contributed by atoms with Crippen LogP contribution in [0.15, 0.2) is 30.7 Å². The molecule has 2 aliphatic rings. The normalized spacial score (nSPS) is 25.4. The highest BCUT2D eigenvalue weighted by molar-refractivity contribution is 5.71. The molecule has 2 aliphatic heterocycles. The largest absolute Gasteiger partial charge is 0.417 e. The fourth-order valence-corrected chi connectivity index (χ4v) is 5.14. The van der Waals surface area contributed by atoms with E-state index in [1.54, 1.807) is 6.20 Å². The molecule has 0 saturated carbocycles. The van der Waals surface area contributed by atoms with E-state index in [-0.39, 0.29) is 10.8 Å². The van der Waals surface area contributed by atoms with Crippen LogP contribution in [0.5, 0.6) is 0 Å². The van der Waals surface area contributed by atoms with Gasteiger partial charge in [0.2, 0.25) is 0 Å². The van der Waals surface area contributed by atoms with Crippen molar-refractivity contribution in [1.29, 1.82) is 0 Å². The lowest BCUT2D eigenvalue weighted by Gasteiger charge is -2.48. The Labute approximate surface area is 192 Å². The van der Waals surface area contributed by atoms with Crippen LogP contribution in [0.25, 0.3) is 11.2 Å². The van der Waals surface area contributed by atoms with Gasteiger partial charge in [-0.05, 0) is 24.0 Å². The second-order valence-electron chi connectivity index (χ2n) is 9.71. The average molecular weight is 481 g/mol. The van der Waals surface area contributed by atoms with Crippen LogP contribution in [0.4, 0.5) is 33.6 Å². The van der Waals surface area contributed by atoms with Crippen LogP contribution in [0.3, 0.4) is 0 Å². The molecule has 0 aromatic carbocycles. The van der Waals surface area contributed by atoms with Crippen LogP contribution in [0, 0.1) is 10.8 Å². The van der Waals surface area contributed by atoms with E-state index in [9.17, 15) is 22.0 Å². The molecule has 5 rings (SSSR count). The van der Waals surface area contributed by atoms with Crippen LogP contribution < -0.4 is 9.80 Å². The molecule has 182 valence electrons. The molecule has 2 fully saturated rings. The lowest BCUT2D eigenvalue weighted by Crippen LogP contribution is -2.52. The van der Waals surface area contributed by atoms with Crippen LogP contribution >= 0.6 is 0 Å². The summed E-state index contributed by atoms with van der Waals surface area (Å²) in [5.74, 6) is 1.12. The number of halogens is 5. The zero-order chi connectivity index (χ0) is 24.3. The van der Waals surface area contributed by atoms with E-state index in [0.717, 1.165) is 18.7 Å². The van der Waals surface area contributed by atoms with Gasteiger partial charge in [-0.15, -0.1) is 0 Å². The van der Waals surface area contributed by atoms with Crippen molar-refractivity contribution in [3.8, 4) is 0 Å². The van der Waals surface area contributed by atoms with Crippen molar-refractivity contribution < 1.29 is 22.0 Å². The van der Waals surface area contributed by atoms with E-state index in [0.29, 0.717) is 49.0 Å². The summed E-state index contributed by atoms with van der Waals surface area (Å²) >= 11 is 0. The molecular weight excluding hydrogens is 457 g/mol. The third-order valence-electron chi connectivity index (χ3n) is 7.38. The minimum absolute atomic E-state index is 0.0805. The zero-order valence-corrected chi connectivity index (χ0v) is 18.7. The quantitative estimate of drug-likeness (QED) is 0.520. The number of rotatable bonds is 4. The molecule has 5 heterocycles. The first-order valence-electron chi connectivity index (χ1n) is 11.0. The van der Waals surface area contributed by atoms with Crippen LogP contribution in [0.1, 0.15) is 25.8 Å². The molecule has 12 heteroatoms. The average Bonchev–Trinajstić information content (AvgIpc) is 3.29. The second-order valence-corrected chi connectivity index (χ2v) is 9.71. The third kappa shape index (κ3) is 3.82. The van der Waals surface area contributed by atoms with Crippen molar-refractivity contribution in [1.82, 2.24) is 24.7 Å². The number of hydrogen-bond donors (Lipinski definition) is 0. The van der Waals surface area contributed by atoms with Crippen molar-refractivity contribution in [2.75, 3.05) is 36.0 Å². The minimum Gasteiger partial charge on any atom is -0.355 e. The van der Waals surface area contributed by atoms with Crippen molar-refractivity contribution in [3.05, 3.63) is 36.3 Å². The summed E-state index contributed by atoms with van der Waals surface area (Å²) in [5.41, 5.74) is -0.272. The highest BCUT2D eigenvalue weighted by atomic mass is 19.4. The van der Waals surface area contributed by atoms with Gasteiger partial charge in [0.05, 0.1) is 18.0 Å². The molecule has 3 aromatic rings. The smallest absolute Gasteiger partial charge is 0.355 e. The Morgan fingerprint density at radius 1 is 0.941 bits per heavy atom. The van der Waals surface area contributed by atoms with Crippen molar-refractivity contribution in [2.45, 2.75) is 39.4 Å². The maximum Gasteiger partial charge on any atom is 0.417 e. The number of anilines is 2. The summed E-state index contributed by atoms with van der Waals surface area (Å²) < 4.78 is 65.7. The van der Waals surface area contributed by atoms with Crippen molar-refractivity contribution in [2.24, 2.45) is 10.8 Å². The van der Waals surface area contributed by atoms with Crippen LogP contribution in [-0.2, 0) is 12.7 Å². The molecular formula is C22H24F5N7. The Morgan fingerprint density at radius 3 is 2.35 bits per heavy atom. The fourth-order valence-electron chi connectivity index (χ4n) is 5.14. The Bertz CT molecular complexity index is 1190. The molecule has 7 nitrogen and oxygen atoms in total. The van der Waals surface area contributed by atoms with Crippen molar-refractivity contribution >= 4 is 22.8 Å². The number of piperidine rings is 1. The number of hydrogen-bond acceptors (Lipinski definition) is 6. The Kier molecular flexibility index (Phi) is 5.17. The van der Waals surface area contributed by atoms with Gasteiger partial charge in [-0.2, -0.15) is 18.3 Å². The van der Waals surface area contributed by atoms with E-state index in [2.05, 4.69) is 38.8 Å². The number of nitrogens with zero attached hydrogens (tertiary/aromatic N) is 7. The topological polar surface area (TPSA) is 63.0 Å². The molecule has 34 heavy (non-hydrogen) atoms. The van der Waals surface area contributed by atoms with Gasteiger partial charge in [-0.25, -0.2) is 28.4 Å². The highest BCUT2D eigenvalue weighted by Gasteiger charge is 2.55. The molecule has 0 spiro atoms. The van der Waals surface area contributed by atoms with Crippen LogP contribution in [0.2, 0.25) is 0 Å². The molecule has 2 atom stereocenters. The molecule has 0 N–H and O–H groups in total. The molecule has 0 amide bonds. The monoisotopic (exact) mass is 481 g/mol. The van der Waals surface area contributed by atoms with Crippen LogP contribution in [-0.4, -0.2) is 57.3 Å². The van der Waals surface area contributed by atoms with Gasteiger partial charge >= 0.3 is 6.18 Å². The number of aromatic nitrogens is 5. The Balaban J connectivity index is 1.38. The molecule has 0 aliphatic carbocycles. The summed E-state index contributed by atoms with van der Waals surface area (Å²) in [6.45, 7) is 6.45. The molecule has 2 unspecified atom stereocenters. The second kappa shape index (κ2) is 7.74. The van der Waals surface area contributed by atoms with E-state index < -0.39 is 24.7 Å². The maximum absolute atomic E-state index is 12.9. The van der Waals surface area contributed by atoms with Gasteiger partial charge in [0, 0.05) is 37.8 Å². The van der Waals surface area contributed by atoms with Gasteiger partial charge in [-0.3, -0.25) is 0 Å². The summed E-state index contributed by atoms with van der Waals surface area (Å²) in [5, 5.41) is 3.97. The first kappa shape index (κ1) is 22.7. The predicted octanol–water partition coefficient (Wildman–Crippen LogP) is 4.25. The third-order valence-corrected chi connectivity index (χ3v) is 7.38. The fraction of sp³-hybridized carbons (Fsp3) is 0.545. The number of pyridine rings is 1.